The van der Waals surface area contributed by atoms with E-state index in [4.69, 9.17) is 10.2 Å². The first-order valence-electron chi connectivity index (χ1n) is 3.59. The van der Waals surface area contributed by atoms with Gasteiger partial charge >= 0.3 is 17.9 Å². The van der Waals surface area contributed by atoms with Crippen LogP contribution in [-0.4, -0.2) is 34.2 Å². The minimum Gasteiger partial charge on any atom is -0.481 e. The molecule has 1 atom stereocenters. The zero-order chi connectivity index (χ0) is 11.1. The summed E-state index contributed by atoms with van der Waals surface area (Å²) in [6, 6.07) is 0. The monoisotopic (exact) mass is 200 g/mol. The average molecular weight is 200 g/mol. The number of hydrogen-bond donors (Lipinski definition) is 2. The number of rotatable bonds is 3. The third-order valence-electron chi connectivity index (χ3n) is 1.04. The summed E-state index contributed by atoms with van der Waals surface area (Å²) in [4.78, 5) is 30.7. The fraction of sp³-hybridized carbons (Fsp3) is 0.375. The van der Waals surface area contributed by atoms with E-state index in [0.717, 1.165) is 0 Å². The van der Waals surface area contributed by atoms with Crippen molar-refractivity contribution in [2.75, 3.05) is 0 Å². The van der Waals surface area contributed by atoms with Crippen LogP contribution in [0.5, 0.6) is 0 Å². The zero-order valence-electron chi connectivity index (χ0n) is 7.31. The smallest absolute Gasteiger partial charge is 0.385 e. The molecule has 0 fully saturated rings. The van der Waals surface area contributed by atoms with Crippen molar-refractivity contribution < 1.29 is 29.3 Å². The molecule has 76 valence electrons. The molecule has 1 unspecified atom stereocenters. The maximum atomic E-state index is 10.7. The van der Waals surface area contributed by atoms with Crippen LogP contribution in [0.1, 0.15) is 13.3 Å². The van der Waals surface area contributed by atoms with E-state index in [1.807, 2.05) is 0 Å². The predicted octanol–water partition coefficient (Wildman–Crippen LogP) is -0.519. The maximum Gasteiger partial charge on any atom is 0.385 e. The molecule has 0 heterocycles. The predicted molar refractivity (Wildman–Crippen MR) is 43.2 cm³/mol. The van der Waals surface area contributed by atoms with Crippen molar-refractivity contribution in [2.24, 2.45) is 0 Å². The highest BCUT2D eigenvalue weighted by molar-refractivity contribution is 5.97. The number of carbonyl (C=O) groups is 3. The lowest BCUT2D eigenvalue weighted by atomic mass is 10.3. The summed E-state index contributed by atoms with van der Waals surface area (Å²) in [5.41, 5.74) is 0. The van der Waals surface area contributed by atoms with Gasteiger partial charge in [0.05, 0.1) is 6.42 Å². The molecule has 0 aromatic rings. The number of carboxylic acids is 2. The van der Waals surface area contributed by atoms with Crippen LogP contribution >= 0.6 is 0 Å². The molecule has 0 aromatic carbocycles. The van der Waals surface area contributed by atoms with Crippen molar-refractivity contribution in [3.8, 4) is 11.8 Å². The number of ether oxygens (including phenoxy) is 1. The summed E-state index contributed by atoms with van der Waals surface area (Å²) in [5, 5.41) is 16.4. The van der Waals surface area contributed by atoms with Gasteiger partial charge in [0, 0.05) is 11.8 Å². The number of carbonyl (C=O) groups excluding carboxylic acids is 1. The molecule has 6 heteroatoms. The Morgan fingerprint density at radius 3 is 2.29 bits per heavy atom. The van der Waals surface area contributed by atoms with Crippen molar-refractivity contribution in [1.82, 2.24) is 0 Å². The molecular weight excluding hydrogens is 192 g/mol. The Bertz CT molecular complexity index is 308. The Balaban J connectivity index is 4.02. The lowest BCUT2D eigenvalue weighted by molar-refractivity contribution is -0.147. The zero-order valence-corrected chi connectivity index (χ0v) is 7.31. The van der Waals surface area contributed by atoms with Crippen LogP contribution in [0.15, 0.2) is 0 Å². The van der Waals surface area contributed by atoms with Crippen molar-refractivity contribution in [2.45, 2.75) is 19.4 Å². The van der Waals surface area contributed by atoms with Crippen molar-refractivity contribution in [3.63, 3.8) is 0 Å². The lowest BCUT2D eigenvalue weighted by Crippen LogP contribution is -2.17. The largest absolute Gasteiger partial charge is 0.481 e. The van der Waals surface area contributed by atoms with Crippen molar-refractivity contribution in [1.29, 1.82) is 0 Å². The first-order chi connectivity index (χ1) is 6.41. The van der Waals surface area contributed by atoms with E-state index in [0.29, 0.717) is 0 Å². The molecule has 0 aromatic heterocycles. The molecule has 0 aliphatic rings. The molecule has 0 bridgehead atoms. The molecule has 0 amide bonds. The Kier molecular flexibility index (Phi) is 4.78. The lowest BCUT2D eigenvalue weighted by Gasteiger charge is -2.06. The second-order valence-corrected chi connectivity index (χ2v) is 2.37. The van der Waals surface area contributed by atoms with E-state index in [1.54, 1.807) is 11.8 Å². The molecule has 0 spiro atoms. The fourth-order valence-electron chi connectivity index (χ4n) is 0.604. The normalized spacial score (nSPS) is 10.6. The summed E-state index contributed by atoms with van der Waals surface area (Å²) >= 11 is 0. The Morgan fingerprint density at radius 1 is 1.29 bits per heavy atom. The second-order valence-electron chi connectivity index (χ2n) is 2.37. The molecule has 0 rings (SSSR count). The van der Waals surface area contributed by atoms with E-state index in [-0.39, 0.29) is 6.42 Å². The van der Waals surface area contributed by atoms with Gasteiger partial charge in [-0.05, 0) is 6.92 Å². The molecule has 0 saturated heterocycles. The molecule has 0 aliphatic heterocycles. The van der Waals surface area contributed by atoms with Crippen LogP contribution in [0.4, 0.5) is 0 Å². The van der Waals surface area contributed by atoms with Crippen LogP contribution in [-0.2, 0) is 19.1 Å². The molecular formula is C8H8O6. The van der Waals surface area contributed by atoms with Gasteiger partial charge in [-0.2, -0.15) is 0 Å². The minimum absolute atomic E-state index is 0.347. The number of aliphatic carboxylic acids is 2. The van der Waals surface area contributed by atoms with Gasteiger partial charge in [-0.3, -0.25) is 4.79 Å². The van der Waals surface area contributed by atoms with Crippen LogP contribution in [0.3, 0.4) is 0 Å². The van der Waals surface area contributed by atoms with Crippen LogP contribution < -0.4 is 0 Å². The second kappa shape index (κ2) is 5.59. The maximum absolute atomic E-state index is 10.7. The Labute approximate surface area is 79.5 Å². The minimum atomic E-state index is -1.45. The number of hydrogen-bond acceptors (Lipinski definition) is 4. The first kappa shape index (κ1) is 12.0. The topological polar surface area (TPSA) is 101 Å². The quantitative estimate of drug-likeness (QED) is 0.361. The molecule has 6 nitrogen and oxygen atoms in total. The Morgan fingerprint density at radius 2 is 1.86 bits per heavy atom. The van der Waals surface area contributed by atoms with E-state index < -0.39 is 24.0 Å². The van der Waals surface area contributed by atoms with Gasteiger partial charge in [-0.1, -0.05) is 0 Å². The van der Waals surface area contributed by atoms with Crippen molar-refractivity contribution >= 4 is 17.9 Å². The van der Waals surface area contributed by atoms with Gasteiger partial charge in [0.1, 0.15) is 6.10 Å². The van der Waals surface area contributed by atoms with Gasteiger partial charge in [0.15, 0.2) is 0 Å². The first-order valence-corrected chi connectivity index (χ1v) is 3.59. The van der Waals surface area contributed by atoms with Crippen LogP contribution in [0, 0.1) is 11.8 Å². The van der Waals surface area contributed by atoms with Gasteiger partial charge in [-0.25, -0.2) is 9.59 Å². The standard InChI is InChI=1S/C8H8O6/c1-5(4-7(11)12)14-8(13)3-2-6(9)10/h5H,4H2,1H3,(H,9,10)(H,11,12). The summed E-state index contributed by atoms with van der Waals surface area (Å²) in [6.07, 6.45) is -1.18. The highest BCUT2D eigenvalue weighted by atomic mass is 16.5. The number of carboxylic acid groups (broad SMARTS) is 2. The van der Waals surface area contributed by atoms with E-state index >= 15 is 0 Å². The van der Waals surface area contributed by atoms with E-state index in [2.05, 4.69) is 4.74 Å². The van der Waals surface area contributed by atoms with Gasteiger partial charge < -0.3 is 14.9 Å². The summed E-state index contributed by atoms with van der Waals surface area (Å²) in [6.45, 7) is 1.37. The summed E-state index contributed by atoms with van der Waals surface area (Å²) < 4.78 is 4.45. The molecule has 14 heavy (non-hydrogen) atoms. The SMILES string of the molecule is CC(CC(=O)O)OC(=O)C#CC(=O)O. The Hall–Kier alpha value is -2.03. The molecule has 0 saturated carbocycles. The van der Waals surface area contributed by atoms with Crippen LogP contribution in [0.2, 0.25) is 0 Å². The average Bonchev–Trinajstić information content (AvgIpc) is 1.98. The highest BCUT2D eigenvalue weighted by Gasteiger charge is 2.11. The van der Waals surface area contributed by atoms with Gasteiger partial charge in [0.25, 0.3) is 0 Å². The molecule has 2 N–H and O–H groups in total. The fourth-order valence-corrected chi connectivity index (χ4v) is 0.604. The molecule has 0 aliphatic carbocycles. The third-order valence-corrected chi connectivity index (χ3v) is 1.04. The molecule has 0 radical (unpaired) electrons. The summed E-state index contributed by atoms with van der Waals surface area (Å²) in [5.74, 6) is -0.389. The third kappa shape index (κ3) is 6.67. The van der Waals surface area contributed by atoms with Gasteiger partial charge in [-0.15, -0.1) is 0 Å². The van der Waals surface area contributed by atoms with Gasteiger partial charge in [0.2, 0.25) is 0 Å². The van der Waals surface area contributed by atoms with E-state index in [9.17, 15) is 14.4 Å². The number of esters is 1. The van der Waals surface area contributed by atoms with E-state index in [1.165, 1.54) is 6.92 Å². The van der Waals surface area contributed by atoms with Crippen molar-refractivity contribution in [3.05, 3.63) is 0 Å². The highest BCUT2D eigenvalue weighted by Crippen LogP contribution is 1.96. The summed E-state index contributed by atoms with van der Waals surface area (Å²) in [7, 11) is 0. The van der Waals surface area contributed by atoms with Crippen LogP contribution in [0.25, 0.3) is 0 Å².